The smallest absolute Gasteiger partial charge is 0.289 e. The van der Waals surface area contributed by atoms with E-state index in [0.717, 1.165) is 28.8 Å². The fraction of sp³-hybridized carbons (Fsp3) is 0.316. The third kappa shape index (κ3) is 4.66. The Morgan fingerprint density at radius 1 is 1.22 bits per heavy atom. The first-order valence-electron chi connectivity index (χ1n) is 8.82. The number of hydrogen-bond donors (Lipinski definition) is 3. The Hall–Kier alpha value is -3.29. The Labute approximate surface area is 157 Å². The molecule has 0 aromatic carbocycles. The Bertz CT molecular complexity index is 894. The zero-order chi connectivity index (χ0) is 19.2. The monoisotopic (exact) mass is 365 g/mol. The highest BCUT2D eigenvalue weighted by molar-refractivity contribution is 5.91. The van der Waals surface area contributed by atoms with Crippen LogP contribution in [0.4, 0.5) is 5.82 Å². The first-order valence-corrected chi connectivity index (χ1v) is 8.82. The van der Waals surface area contributed by atoms with Crippen LogP contribution in [0, 0.1) is 13.8 Å². The highest BCUT2D eigenvalue weighted by atomic mass is 16.2. The van der Waals surface area contributed by atoms with E-state index in [4.69, 9.17) is 0 Å². The summed E-state index contributed by atoms with van der Waals surface area (Å²) in [5.74, 6) is 0.526. The van der Waals surface area contributed by atoms with Crippen LogP contribution in [0.15, 0.2) is 36.9 Å². The number of carbonyl (C=O) groups is 1. The van der Waals surface area contributed by atoms with Gasteiger partial charge >= 0.3 is 0 Å². The number of aromatic nitrogens is 5. The van der Waals surface area contributed by atoms with E-state index in [2.05, 4.69) is 35.8 Å². The molecule has 0 saturated carbocycles. The standard InChI is InChI=1S/C19H23N7O/c1-12-13(2)24-18(19(27)25-14(3)16-5-7-20-8-6-16)26-17(12)21-9-4-15-10-22-23-11-15/h5-8,10-11,14H,4,9H2,1-3H3,(H,22,23)(H,25,27)(H,21,24,26)/t14-/m1/s1. The maximum absolute atomic E-state index is 12.6. The van der Waals surface area contributed by atoms with Crippen LogP contribution in [0.5, 0.6) is 0 Å². The van der Waals surface area contributed by atoms with Crippen molar-refractivity contribution in [3.63, 3.8) is 0 Å². The summed E-state index contributed by atoms with van der Waals surface area (Å²) in [6.07, 6.45) is 7.86. The normalized spacial score (nSPS) is 11.8. The fourth-order valence-corrected chi connectivity index (χ4v) is 2.64. The Kier molecular flexibility index (Phi) is 5.75. The number of nitrogens with zero attached hydrogens (tertiary/aromatic N) is 4. The number of hydrogen-bond acceptors (Lipinski definition) is 6. The van der Waals surface area contributed by atoms with E-state index in [1.807, 2.05) is 39.1 Å². The first kappa shape index (κ1) is 18.5. The maximum atomic E-state index is 12.6. The van der Waals surface area contributed by atoms with Crippen molar-refractivity contribution < 1.29 is 4.79 Å². The topological polar surface area (TPSA) is 108 Å². The molecule has 27 heavy (non-hydrogen) atoms. The van der Waals surface area contributed by atoms with E-state index in [-0.39, 0.29) is 17.8 Å². The molecule has 3 heterocycles. The molecule has 0 fully saturated rings. The summed E-state index contributed by atoms with van der Waals surface area (Å²) in [4.78, 5) is 25.4. The minimum Gasteiger partial charge on any atom is -0.369 e. The number of rotatable bonds is 7. The van der Waals surface area contributed by atoms with Crippen LogP contribution in [0.25, 0.3) is 0 Å². The number of H-pyrrole nitrogens is 1. The minimum absolute atomic E-state index is 0.157. The summed E-state index contributed by atoms with van der Waals surface area (Å²) in [5.41, 5.74) is 3.79. The van der Waals surface area contributed by atoms with Crippen molar-refractivity contribution >= 4 is 11.7 Å². The molecule has 0 unspecified atom stereocenters. The average Bonchev–Trinajstić information content (AvgIpc) is 3.19. The molecule has 3 rings (SSSR count). The van der Waals surface area contributed by atoms with Crippen LogP contribution in [-0.4, -0.2) is 37.6 Å². The van der Waals surface area contributed by atoms with E-state index in [1.54, 1.807) is 18.6 Å². The average molecular weight is 365 g/mol. The molecule has 3 aromatic rings. The Balaban J connectivity index is 1.69. The zero-order valence-electron chi connectivity index (χ0n) is 15.7. The van der Waals surface area contributed by atoms with Crippen LogP contribution >= 0.6 is 0 Å². The van der Waals surface area contributed by atoms with Crippen LogP contribution in [-0.2, 0) is 6.42 Å². The van der Waals surface area contributed by atoms with Gasteiger partial charge in [0.25, 0.3) is 5.91 Å². The van der Waals surface area contributed by atoms with Gasteiger partial charge in [0.2, 0.25) is 5.82 Å². The number of nitrogens with one attached hydrogen (secondary N) is 3. The Morgan fingerprint density at radius 3 is 2.70 bits per heavy atom. The van der Waals surface area contributed by atoms with Gasteiger partial charge in [-0.2, -0.15) is 5.10 Å². The molecule has 0 spiro atoms. The lowest BCUT2D eigenvalue weighted by atomic mass is 10.1. The third-order valence-electron chi connectivity index (χ3n) is 4.41. The van der Waals surface area contributed by atoms with Crippen molar-refractivity contribution in [1.29, 1.82) is 0 Å². The summed E-state index contributed by atoms with van der Waals surface area (Å²) in [6, 6.07) is 3.58. The number of aromatic amines is 1. The highest BCUT2D eigenvalue weighted by Gasteiger charge is 2.17. The van der Waals surface area contributed by atoms with Gasteiger partial charge in [-0.05, 0) is 50.5 Å². The Morgan fingerprint density at radius 2 is 2.00 bits per heavy atom. The molecule has 0 aliphatic carbocycles. The van der Waals surface area contributed by atoms with Gasteiger partial charge < -0.3 is 10.6 Å². The van der Waals surface area contributed by atoms with Gasteiger partial charge in [0.05, 0.1) is 12.2 Å². The summed E-state index contributed by atoms with van der Waals surface area (Å²) in [7, 11) is 0. The van der Waals surface area contributed by atoms with Gasteiger partial charge in [-0.25, -0.2) is 9.97 Å². The van der Waals surface area contributed by atoms with E-state index in [0.29, 0.717) is 12.4 Å². The summed E-state index contributed by atoms with van der Waals surface area (Å²) in [5, 5.41) is 13.0. The van der Waals surface area contributed by atoms with Gasteiger partial charge in [-0.15, -0.1) is 0 Å². The van der Waals surface area contributed by atoms with Crippen LogP contribution in [0.1, 0.15) is 46.0 Å². The number of anilines is 1. The van der Waals surface area contributed by atoms with Gasteiger partial charge in [0.15, 0.2) is 0 Å². The van der Waals surface area contributed by atoms with Crippen molar-refractivity contribution in [2.75, 3.05) is 11.9 Å². The zero-order valence-corrected chi connectivity index (χ0v) is 15.7. The van der Waals surface area contributed by atoms with Crippen molar-refractivity contribution in [3.05, 3.63) is 65.1 Å². The van der Waals surface area contributed by atoms with E-state index in [1.165, 1.54) is 0 Å². The molecule has 0 saturated heterocycles. The molecule has 1 atom stereocenters. The first-order chi connectivity index (χ1) is 13.0. The number of carbonyl (C=O) groups excluding carboxylic acids is 1. The van der Waals surface area contributed by atoms with Crippen LogP contribution in [0.2, 0.25) is 0 Å². The van der Waals surface area contributed by atoms with Crippen molar-refractivity contribution in [3.8, 4) is 0 Å². The third-order valence-corrected chi connectivity index (χ3v) is 4.41. The van der Waals surface area contributed by atoms with E-state index >= 15 is 0 Å². The predicted octanol–water partition coefficient (Wildman–Crippen LogP) is 2.36. The molecule has 8 nitrogen and oxygen atoms in total. The lowest BCUT2D eigenvalue weighted by molar-refractivity contribution is 0.0929. The van der Waals surface area contributed by atoms with Crippen LogP contribution in [0.3, 0.4) is 0 Å². The predicted molar refractivity (Wildman–Crippen MR) is 102 cm³/mol. The molecule has 1 amide bonds. The van der Waals surface area contributed by atoms with E-state index < -0.39 is 0 Å². The van der Waals surface area contributed by atoms with Crippen molar-refractivity contribution in [2.45, 2.75) is 33.2 Å². The van der Waals surface area contributed by atoms with Gasteiger partial charge in [0, 0.05) is 36.4 Å². The quantitative estimate of drug-likeness (QED) is 0.593. The summed E-state index contributed by atoms with van der Waals surface area (Å²) in [6.45, 7) is 6.42. The maximum Gasteiger partial charge on any atom is 0.289 e. The molecule has 0 aliphatic rings. The number of aryl methyl sites for hydroxylation is 1. The van der Waals surface area contributed by atoms with Gasteiger partial charge in [-0.1, -0.05) is 0 Å². The molecule has 0 aliphatic heterocycles. The lowest BCUT2D eigenvalue weighted by Gasteiger charge is -2.15. The molecule has 0 bridgehead atoms. The summed E-state index contributed by atoms with van der Waals surface area (Å²) < 4.78 is 0. The largest absolute Gasteiger partial charge is 0.369 e. The van der Waals surface area contributed by atoms with E-state index in [9.17, 15) is 4.79 Å². The summed E-state index contributed by atoms with van der Waals surface area (Å²) >= 11 is 0. The SMILES string of the molecule is Cc1nc(C(=O)N[C@H](C)c2ccncc2)nc(NCCc2cn[nH]c2)c1C. The fourth-order valence-electron chi connectivity index (χ4n) is 2.64. The van der Waals surface area contributed by atoms with Crippen LogP contribution < -0.4 is 10.6 Å². The van der Waals surface area contributed by atoms with Crippen molar-refractivity contribution in [2.24, 2.45) is 0 Å². The second-order valence-corrected chi connectivity index (χ2v) is 6.37. The number of amides is 1. The van der Waals surface area contributed by atoms with Gasteiger partial charge in [0.1, 0.15) is 5.82 Å². The molecule has 8 heteroatoms. The molecule has 3 aromatic heterocycles. The molecule has 3 N–H and O–H groups in total. The second kappa shape index (κ2) is 8.39. The molecule has 140 valence electrons. The van der Waals surface area contributed by atoms with Gasteiger partial charge in [-0.3, -0.25) is 14.9 Å². The molecular weight excluding hydrogens is 342 g/mol. The molecule has 0 radical (unpaired) electrons. The van der Waals surface area contributed by atoms with Crippen molar-refractivity contribution in [1.82, 2.24) is 30.5 Å². The second-order valence-electron chi connectivity index (χ2n) is 6.37. The minimum atomic E-state index is -0.305. The number of pyridine rings is 1. The lowest BCUT2D eigenvalue weighted by Crippen LogP contribution is -2.29. The highest BCUT2D eigenvalue weighted by Crippen LogP contribution is 2.16. The molecular formula is C19H23N7O.